The lowest BCUT2D eigenvalue weighted by atomic mass is 10.1. The molecular weight excluding hydrogens is 419 g/mol. The van der Waals surface area contributed by atoms with Gasteiger partial charge in [0.2, 0.25) is 0 Å². The number of hydrogen-bond donors (Lipinski definition) is 0. The number of hydrogen-bond acceptors (Lipinski definition) is 2. The van der Waals surface area contributed by atoms with Gasteiger partial charge in [-0.25, -0.2) is 4.99 Å². The maximum absolute atomic E-state index is 6.28. The summed E-state index contributed by atoms with van der Waals surface area (Å²) in [5, 5.41) is 3.26. The van der Waals surface area contributed by atoms with Crippen molar-refractivity contribution < 1.29 is 0 Å². The van der Waals surface area contributed by atoms with E-state index in [1.165, 1.54) is 11.1 Å². The summed E-state index contributed by atoms with van der Waals surface area (Å²) in [5.74, 6) is 0. The molecule has 2 nitrogen and oxygen atoms in total. The van der Waals surface area contributed by atoms with Crippen molar-refractivity contribution >= 4 is 40.2 Å². The Bertz CT molecular complexity index is 1180. The average Bonchev–Trinajstić information content (AvgIpc) is 3.13. The van der Waals surface area contributed by atoms with Crippen LogP contribution in [-0.4, -0.2) is 4.57 Å². The molecule has 4 aromatic rings. The second kappa shape index (κ2) is 9.00. The molecule has 0 N–H and O–H groups in total. The van der Waals surface area contributed by atoms with E-state index in [9.17, 15) is 0 Å². The molecular formula is C24H20Cl2N2S. The van der Waals surface area contributed by atoms with Crippen LogP contribution >= 0.6 is 34.5 Å². The molecule has 1 aromatic heterocycles. The van der Waals surface area contributed by atoms with Gasteiger partial charge >= 0.3 is 0 Å². The van der Waals surface area contributed by atoms with Crippen LogP contribution in [0.5, 0.6) is 0 Å². The Hall–Kier alpha value is -2.33. The minimum Gasteiger partial charge on any atom is -0.316 e. The molecule has 146 valence electrons. The predicted molar refractivity (Wildman–Crippen MR) is 124 cm³/mol. The van der Waals surface area contributed by atoms with Gasteiger partial charge in [0.25, 0.3) is 0 Å². The largest absolute Gasteiger partial charge is 0.316 e. The first-order valence-corrected chi connectivity index (χ1v) is 11.0. The van der Waals surface area contributed by atoms with E-state index in [1.807, 2.05) is 24.3 Å². The minimum absolute atomic E-state index is 0.557. The quantitative estimate of drug-likeness (QED) is 0.310. The third-order valence-corrected chi connectivity index (χ3v) is 6.34. The van der Waals surface area contributed by atoms with Crippen molar-refractivity contribution in [3.8, 4) is 11.3 Å². The zero-order chi connectivity index (χ0) is 20.2. The Morgan fingerprint density at radius 2 is 1.66 bits per heavy atom. The Labute approximate surface area is 184 Å². The van der Waals surface area contributed by atoms with Crippen molar-refractivity contribution in [3.05, 3.63) is 104 Å². The van der Waals surface area contributed by atoms with Gasteiger partial charge in [0, 0.05) is 17.5 Å². The van der Waals surface area contributed by atoms with Gasteiger partial charge in [-0.1, -0.05) is 77.3 Å². The second-order valence-corrected chi connectivity index (χ2v) is 8.52. The number of rotatable bonds is 5. The van der Waals surface area contributed by atoms with Gasteiger partial charge in [0.1, 0.15) is 0 Å². The van der Waals surface area contributed by atoms with E-state index >= 15 is 0 Å². The topological polar surface area (TPSA) is 17.3 Å². The highest BCUT2D eigenvalue weighted by Gasteiger charge is 2.10. The van der Waals surface area contributed by atoms with Crippen LogP contribution in [0.15, 0.2) is 83.2 Å². The van der Waals surface area contributed by atoms with Gasteiger partial charge in [0.15, 0.2) is 4.80 Å². The molecule has 0 unspecified atom stereocenters. The fourth-order valence-corrected chi connectivity index (χ4v) is 4.39. The summed E-state index contributed by atoms with van der Waals surface area (Å²) in [6.07, 6.45) is 0.924. The molecule has 29 heavy (non-hydrogen) atoms. The first-order chi connectivity index (χ1) is 14.1. The van der Waals surface area contributed by atoms with Gasteiger partial charge < -0.3 is 4.57 Å². The highest BCUT2D eigenvalue weighted by atomic mass is 35.5. The van der Waals surface area contributed by atoms with Crippen molar-refractivity contribution in [1.82, 2.24) is 4.57 Å². The number of halogens is 2. The van der Waals surface area contributed by atoms with Crippen LogP contribution < -0.4 is 4.80 Å². The summed E-state index contributed by atoms with van der Waals surface area (Å²) in [6.45, 7) is 2.91. The monoisotopic (exact) mass is 438 g/mol. The Kier molecular flexibility index (Phi) is 6.19. The molecule has 5 heteroatoms. The van der Waals surface area contributed by atoms with Crippen LogP contribution in [0.1, 0.15) is 11.1 Å². The summed E-state index contributed by atoms with van der Waals surface area (Å²) < 4.78 is 2.26. The van der Waals surface area contributed by atoms with Crippen LogP contribution in [0, 0.1) is 6.92 Å². The van der Waals surface area contributed by atoms with Crippen molar-refractivity contribution in [2.75, 3.05) is 0 Å². The lowest BCUT2D eigenvalue weighted by Gasteiger charge is -2.10. The maximum atomic E-state index is 6.28. The highest BCUT2D eigenvalue weighted by molar-refractivity contribution is 7.07. The highest BCUT2D eigenvalue weighted by Crippen LogP contribution is 2.29. The molecule has 0 aliphatic rings. The van der Waals surface area contributed by atoms with Crippen LogP contribution in [0.3, 0.4) is 0 Å². The van der Waals surface area contributed by atoms with Crippen LogP contribution in [0.2, 0.25) is 10.0 Å². The van der Waals surface area contributed by atoms with Crippen LogP contribution in [-0.2, 0) is 13.0 Å². The van der Waals surface area contributed by atoms with Crippen LogP contribution in [0.4, 0.5) is 5.69 Å². The Morgan fingerprint density at radius 3 is 2.38 bits per heavy atom. The predicted octanol–water partition coefficient (Wildman–Crippen LogP) is 7.31. The van der Waals surface area contributed by atoms with E-state index in [0.717, 1.165) is 34.7 Å². The molecule has 0 radical (unpaired) electrons. The van der Waals surface area contributed by atoms with E-state index < -0.39 is 0 Å². The van der Waals surface area contributed by atoms with Gasteiger partial charge in [0.05, 0.1) is 21.4 Å². The first-order valence-electron chi connectivity index (χ1n) is 9.39. The lowest BCUT2D eigenvalue weighted by molar-refractivity contribution is 0.684. The number of thiazole rings is 1. The molecule has 0 atom stereocenters. The first kappa shape index (κ1) is 20.0. The van der Waals surface area contributed by atoms with Gasteiger partial charge in [-0.05, 0) is 43.2 Å². The number of aryl methyl sites for hydroxylation is 2. The molecule has 4 rings (SSSR count). The Balaban J connectivity index is 1.77. The van der Waals surface area contributed by atoms with Gasteiger partial charge in [-0.2, -0.15) is 0 Å². The zero-order valence-corrected chi connectivity index (χ0v) is 18.3. The molecule has 0 saturated carbocycles. The molecule has 0 saturated heterocycles. The van der Waals surface area contributed by atoms with Crippen molar-refractivity contribution in [2.24, 2.45) is 4.99 Å². The van der Waals surface area contributed by atoms with E-state index in [0.29, 0.717) is 10.0 Å². The summed E-state index contributed by atoms with van der Waals surface area (Å²) in [5.41, 5.74) is 5.60. The van der Waals surface area contributed by atoms with Gasteiger partial charge in [-0.3, -0.25) is 0 Å². The van der Waals surface area contributed by atoms with Gasteiger partial charge in [-0.15, -0.1) is 11.3 Å². The minimum atomic E-state index is 0.557. The molecule has 0 aliphatic carbocycles. The third-order valence-electron chi connectivity index (χ3n) is 4.74. The molecule has 3 aromatic carbocycles. The smallest absolute Gasteiger partial charge is 0.190 e. The molecule has 0 spiro atoms. The third kappa shape index (κ3) is 4.81. The summed E-state index contributed by atoms with van der Waals surface area (Å²) >= 11 is 14.0. The standard InChI is InChI=1S/C24H20Cl2N2S/c1-17-7-10-20(11-8-17)27-24-28(14-13-18-5-3-2-4-6-18)23(16-29-24)19-9-12-21(25)22(26)15-19/h2-12,15-16H,13-14H2,1H3. The SMILES string of the molecule is Cc1ccc(N=c2scc(-c3ccc(Cl)c(Cl)c3)n2CCc2ccccc2)cc1. The molecule has 0 amide bonds. The summed E-state index contributed by atoms with van der Waals surface area (Å²) in [7, 11) is 0. The second-order valence-electron chi connectivity index (χ2n) is 6.87. The van der Waals surface area contributed by atoms with E-state index in [4.69, 9.17) is 28.2 Å². The maximum Gasteiger partial charge on any atom is 0.190 e. The number of nitrogens with zero attached hydrogens (tertiary/aromatic N) is 2. The fourth-order valence-electron chi connectivity index (χ4n) is 3.14. The van der Waals surface area contributed by atoms with Crippen LogP contribution in [0.25, 0.3) is 11.3 Å². The van der Waals surface area contributed by atoms with E-state index in [2.05, 4.69) is 65.4 Å². The molecule has 0 aliphatic heterocycles. The van der Waals surface area contributed by atoms with E-state index in [-0.39, 0.29) is 0 Å². The van der Waals surface area contributed by atoms with Crippen molar-refractivity contribution in [1.29, 1.82) is 0 Å². The average molecular weight is 439 g/mol. The summed E-state index contributed by atoms with van der Waals surface area (Å²) in [6, 6.07) is 24.5. The molecule has 0 fully saturated rings. The normalized spacial score (nSPS) is 11.8. The number of benzene rings is 3. The zero-order valence-electron chi connectivity index (χ0n) is 16.0. The lowest BCUT2D eigenvalue weighted by Crippen LogP contribution is -2.17. The Morgan fingerprint density at radius 1 is 0.897 bits per heavy atom. The van der Waals surface area contributed by atoms with E-state index in [1.54, 1.807) is 11.3 Å². The number of aromatic nitrogens is 1. The molecule has 0 bridgehead atoms. The van der Waals surface area contributed by atoms with Crippen molar-refractivity contribution in [2.45, 2.75) is 19.9 Å². The van der Waals surface area contributed by atoms with Crippen molar-refractivity contribution in [3.63, 3.8) is 0 Å². The summed E-state index contributed by atoms with van der Waals surface area (Å²) in [4.78, 5) is 5.87. The fraction of sp³-hybridized carbons (Fsp3) is 0.125. The molecule has 1 heterocycles.